The maximum absolute atomic E-state index is 10.5. The van der Waals surface area contributed by atoms with Crippen molar-refractivity contribution in [2.24, 2.45) is 0 Å². The SMILES string of the molecule is OC(C1=COCCC1)c1ccccc1C1CC1. The molecule has 17 heavy (non-hydrogen) atoms. The number of hydrogen-bond donors (Lipinski definition) is 1. The van der Waals surface area contributed by atoms with Gasteiger partial charge in [0.25, 0.3) is 0 Å². The van der Waals surface area contributed by atoms with E-state index in [1.54, 1.807) is 6.26 Å². The highest BCUT2D eigenvalue weighted by molar-refractivity contribution is 5.38. The van der Waals surface area contributed by atoms with Crippen molar-refractivity contribution < 1.29 is 9.84 Å². The van der Waals surface area contributed by atoms with Gasteiger partial charge < -0.3 is 9.84 Å². The van der Waals surface area contributed by atoms with Gasteiger partial charge >= 0.3 is 0 Å². The molecule has 2 aliphatic rings. The fourth-order valence-corrected chi connectivity index (χ4v) is 2.51. The maximum Gasteiger partial charge on any atom is 0.104 e. The van der Waals surface area contributed by atoms with Crippen molar-refractivity contribution in [3.63, 3.8) is 0 Å². The van der Waals surface area contributed by atoms with Gasteiger partial charge in [-0.1, -0.05) is 24.3 Å². The van der Waals surface area contributed by atoms with E-state index in [4.69, 9.17) is 4.74 Å². The zero-order chi connectivity index (χ0) is 11.7. The van der Waals surface area contributed by atoms with Crippen molar-refractivity contribution in [1.29, 1.82) is 0 Å². The third-order valence-corrected chi connectivity index (χ3v) is 3.62. The molecule has 1 aromatic carbocycles. The Bertz CT molecular complexity index is 432. The second kappa shape index (κ2) is 4.53. The lowest BCUT2D eigenvalue weighted by Gasteiger charge is -2.21. The topological polar surface area (TPSA) is 29.5 Å². The zero-order valence-electron chi connectivity index (χ0n) is 9.93. The first-order valence-electron chi connectivity index (χ1n) is 6.43. The van der Waals surface area contributed by atoms with Crippen LogP contribution in [0, 0.1) is 0 Å². The van der Waals surface area contributed by atoms with Crippen LogP contribution >= 0.6 is 0 Å². The van der Waals surface area contributed by atoms with Gasteiger partial charge in [-0.15, -0.1) is 0 Å². The number of hydrogen-bond acceptors (Lipinski definition) is 2. The summed E-state index contributed by atoms with van der Waals surface area (Å²) in [6.45, 7) is 0.778. The summed E-state index contributed by atoms with van der Waals surface area (Å²) in [6, 6.07) is 8.28. The Labute approximate surface area is 102 Å². The van der Waals surface area contributed by atoms with E-state index in [9.17, 15) is 5.11 Å². The van der Waals surface area contributed by atoms with Crippen molar-refractivity contribution in [2.45, 2.75) is 37.7 Å². The second-order valence-electron chi connectivity index (χ2n) is 4.97. The van der Waals surface area contributed by atoms with Crippen LogP contribution < -0.4 is 0 Å². The molecular formula is C15H18O2. The molecule has 1 fully saturated rings. The van der Waals surface area contributed by atoms with E-state index >= 15 is 0 Å². The largest absolute Gasteiger partial charge is 0.501 e. The Morgan fingerprint density at radius 3 is 2.76 bits per heavy atom. The van der Waals surface area contributed by atoms with Crippen LogP contribution in [0.15, 0.2) is 36.1 Å². The molecule has 1 aliphatic carbocycles. The number of ether oxygens (including phenoxy) is 1. The summed E-state index contributed by atoms with van der Waals surface area (Å²) in [4.78, 5) is 0. The molecular weight excluding hydrogens is 212 g/mol. The average Bonchev–Trinajstić information content (AvgIpc) is 3.23. The normalized spacial score (nSPS) is 21.6. The first kappa shape index (κ1) is 10.8. The molecule has 0 aromatic heterocycles. The minimum Gasteiger partial charge on any atom is -0.501 e. The summed E-state index contributed by atoms with van der Waals surface area (Å²) in [7, 11) is 0. The highest BCUT2D eigenvalue weighted by Crippen LogP contribution is 2.44. The van der Waals surface area contributed by atoms with E-state index in [1.807, 2.05) is 12.1 Å². The highest BCUT2D eigenvalue weighted by atomic mass is 16.5. The fourth-order valence-electron chi connectivity index (χ4n) is 2.51. The van der Waals surface area contributed by atoms with E-state index in [0.29, 0.717) is 5.92 Å². The van der Waals surface area contributed by atoms with E-state index < -0.39 is 6.10 Å². The van der Waals surface area contributed by atoms with Crippen molar-refractivity contribution in [1.82, 2.24) is 0 Å². The average molecular weight is 230 g/mol. The Morgan fingerprint density at radius 2 is 2.06 bits per heavy atom. The molecule has 0 amide bonds. The molecule has 1 heterocycles. The molecule has 1 aliphatic heterocycles. The van der Waals surface area contributed by atoms with E-state index in [0.717, 1.165) is 30.6 Å². The summed E-state index contributed by atoms with van der Waals surface area (Å²) < 4.78 is 5.32. The first-order chi connectivity index (χ1) is 8.36. The summed E-state index contributed by atoms with van der Waals surface area (Å²) in [5, 5.41) is 10.5. The van der Waals surface area contributed by atoms with Gasteiger partial charge in [0.15, 0.2) is 0 Å². The number of aliphatic hydroxyl groups is 1. The Hall–Kier alpha value is -1.28. The van der Waals surface area contributed by atoms with Gasteiger partial charge in [-0.3, -0.25) is 0 Å². The molecule has 2 heteroatoms. The van der Waals surface area contributed by atoms with Crippen LogP contribution in [0.3, 0.4) is 0 Å². The van der Waals surface area contributed by atoms with Gasteiger partial charge in [-0.2, -0.15) is 0 Å². The van der Waals surface area contributed by atoms with Crippen LogP contribution in [-0.2, 0) is 4.74 Å². The van der Waals surface area contributed by atoms with E-state index in [1.165, 1.54) is 18.4 Å². The smallest absolute Gasteiger partial charge is 0.104 e. The second-order valence-corrected chi connectivity index (χ2v) is 4.97. The highest BCUT2D eigenvalue weighted by Gasteiger charge is 2.28. The number of benzene rings is 1. The Balaban J connectivity index is 1.89. The third kappa shape index (κ3) is 2.22. The monoisotopic (exact) mass is 230 g/mol. The summed E-state index contributed by atoms with van der Waals surface area (Å²) in [5.41, 5.74) is 3.42. The molecule has 1 atom stereocenters. The molecule has 1 N–H and O–H groups in total. The van der Waals surface area contributed by atoms with Gasteiger partial charge in [0.2, 0.25) is 0 Å². The lowest BCUT2D eigenvalue weighted by molar-refractivity contribution is 0.170. The quantitative estimate of drug-likeness (QED) is 0.863. The van der Waals surface area contributed by atoms with Crippen LogP contribution in [0.4, 0.5) is 0 Å². The van der Waals surface area contributed by atoms with Gasteiger partial charge in [-0.25, -0.2) is 0 Å². The molecule has 1 unspecified atom stereocenters. The molecule has 2 nitrogen and oxygen atoms in total. The minimum absolute atomic E-state index is 0.480. The summed E-state index contributed by atoms with van der Waals surface area (Å²) in [5.74, 6) is 0.672. The summed E-state index contributed by atoms with van der Waals surface area (Å²) in [6.07, 6.45) is 5.75. The van der Waals surface area contributed by atoms with E-state index in [-0.39, 0.29) is 0 Å². The zero-order valence-corrected chi connectivity index (χ0v) is 9.93. The molecule has 3 rings (SSSR count). The molecule has 90 valence electrons. The van der Waals surface area contributed by atoms with Crippen LogP contribution in [-0.4, -0.2) is 11.7 Å². The van der Waals surface area contributed by atoms with Crippen molar-refractivity contribution in [2.75, 3.05) is 6.61 Å². The molecule has 0 bridgehead atoms. The minimum atomic E-state index is -0.480. The van der Waals surface area contributed by atoms with Gasteiger partial charge in [0, 0.05) is 0 Å². The van der Waals surface area contributed by atoms with Crippen molar-refractivity contribution in [3.05, 3.63) is 47.2 Å². The lowest BCUT2D eigenvalue weighted by Crippen LogP contribution is -2.09. The predicted octanol–water partition coefficient (Wildman–Crippen LogP) is 3.29. The Kier molecular flexibility index (Phi) is 2.89. The van der Waals surface area contributed by atoms with Gasteiger partial charge in [-0.05, 0) is 48.3 Å². The van der Waals surface area contributed by atoms with Crippen molar-refractivity contribution in [3.8, 4) is 0 Å². The van der Waals surface area contributed by atoms with Crippen LogP contribution in [0.2, 0.25) is 0 Å². The van der Waals surface area contributed by atoms with Crippen LogP contribution in [0.5, 0.6) is 0 Å². The molecule has 1 aromatic rings. The number of rotatable bonds is 3. The first-order valence-corrected chi connectivity index (χ1v) is 6.43. The van der Waals surface area contributed by atoms with Crippen LogP contribution in [0.1, 0.15) is 48.8 Å². The molecule has 0 spiro atoms. The molecule has 1 saturated carbocycles. The lowest BCUT2D eigenvalue weighted by atomic mass is 9.92. The predicted molar refractivity (Wildman–Crippen MR) is 66.6 cm³/mol. The summed E-state index contributed by atoms with van der Waals surface area (Å²) >= 11 is 0. The van der Waals surface area contributed by atoms with E-state index in [2.05, 4.69) is 12.1 Å². The molecule has 0 radical (unpaired) electrons. The molecule has 0 saturated heterocycles. The number of aliphatic hydroxyl groups excluding tert-OH is 1. The Morgan fingerprint density at radius 1 is 1.24 bits per heavy atom. The fraction of sp³-hybridized carbons (Fsp3) is 0.467. The third-order valence-electron chi connectivity index (χ3n) is 3.62. The standard InChI is InChI=1S/C15H18O2/c16-15(12-4-3-9-17-10-12)14-6-2-1-5-13(14)11-7-8-11/h1-2,5-6,10-11,15-16H,3-4,7-9H2. The van der Waals surface area contributed by atoms with Crippen molar-refractivity contribution >= 4 is 0 Å². The van der Waals surface area contributed by atoms with Crippen LogP contribution in [0.25, 0.3) is 0 Å². The maximum atomic E-state index is 10.5. The van der Waals surface area contributed by atoms with Gasteiger partial charge in [0.05, 0.1) is 12.9 Å². The van der Waals surface area contributed by atoms with Gasteiger partial charge in [0.1, 0.15) is 6.10 Å².